The fraction of sp³-hybridized carbons (Fsp3) is 0.227. The molecule has 0 radical (unpaired) electrons. The molecule has 0 bridgehead atoms. The van der Waals surface area contributed by atoms with Gasteiger partial charge in [-0.3, -0.25) is 14.5 Å². The third-order valence-electron chi connectivity index (χ3n) is 4.29. The first kappa shape index (κ1) is 23.2. The zero-order valence-corrected chi connectivity index (χ0v) is 19.1. The number of halogens is 2. The zero-order chi connectivity index (χ0) is 22.5. The molecule has 0 spiro atoms. The van der Waals surface area contributed by atoms with E-state index in [1.54, 1.807) is 25.1 Å². The van der Waals surface area contributed by atoms with Crippen LogP contribution in [0.25, 0.3) is 6.08 Å². The highest BCUT2D eigenvalue weighted by Gasteiger charge is 2.35. The van der Waals surface area contributed by atoms with Crippen molar-refractivity contribution in [1.82, 2.24) is 4.90 Å². The minimum atomic E-state index is -0.541. The first-order chi connectivity index (χ1) is 14.8. The third kappa shape index (κ3) is 5.81. The number of imide groups is 1. The van der Waals surface area contributed by atoms with Gasteiger partial charge < -0.3 is 9.47 Å². The number of hydrogen-bond donors (Lipinski definition) is 0. The molecule has 0 aliphatic carbocycles. The molecule has 1 heterocycles. The lowest BCUT2D eigenvalue weighted by Crippen LogP contribution is -2.27. The Balaban J connectivity index is 1.75. The van der Waals surface area contributed by atoms with Crippen molar-refractivity contribution in [3.05, 3.63) is 68.0 Å². The predicted molar refractivity (Wildman–Crippen MR) is 121 cm³/mol. The maximum absolute atomic E-state index is 12.7. The average Bonchev–Trinajstić information content (AvgIpc) is 2.96. The Morgan fingerprint density at radius 2 is 1.77 bits per heavy atom. The van der Waals surface area contributed by atoms with Crippen molar-refractivity contribution >= 4 is 58.2 Å². The summed E-state index contributed by atoms with van der Waals surface area (Å²) in [6.45, 7) is 3.77. The van der Waals surface area contributed by atoms with Gasteiger partial charge in [0.1, 0.15) is 0 Å². The maximum atomic E-state index is 12.7. The van der Waals surface area contributed by atoms with Crippen LogP contribution in [0.4, 0.5) is 4.79 Å². The van der Waals surface area contributed by atoms with E-state index in [4.69, 9.17) is 32.7 Å². The standard InChI is InChI=1S/C22H19Cl2NO5S/c1-3-29-19(26)12-30-20-16(23)8-15(9-17(20)24)10-18-21(27)25(22(28)31-18)11-14-6-4-13(2)5-7-14/h4-10H,3,11-12H2,1-2H3/b18-10-. The topological polar surface area (TPSA) is 72.9 Å². The van der Waals surface area contributed by atoms with Crippen molar-refractivity contribution in [1.29, 1.82) is 0 Å². The number of thioether (sulfide) groups is 1. The van der Waals surface area contributed by atoms with E-state index in [9.17, 15) is 14.4 Å². The molecule has 2 aromatic rings. The van der Waals surface area contributed by atoms with Crippen LogP contribution >= 0.6 is 35.0 Å². The van der Waals surface area contributed by atoms with Gasteiger partial charge in [0.15, 0.2) is 12.4 Å². The monoisotopic (exact) mass is 479 g/mol. The Hall–Kier alpha value is -2.48. The second-order valence-corrected chi connectivity index (χ2v) is 8.47. The summed E-state index contributed by atoms with van der Waals surface area (Å²) in [5, 5.41) is -0.00715. The fourth-order valence-corrected chi connectivity index (χ4v) is 4.25. The van der Waals surface area contributed by atoms with Gasteiger partial charge in [0, 0.05) is 0 Å². The molecule has 1 saturated heterocycles. The fourth-order valence-electron chi connectivity index (χ4n) is 2.80. The third-order valence-corrected chi connectivity index (χ3v) is 5.76. The summed E-state index contributed by atoms with van der Waals surface area (Å²) in [5.74, 6) is -0.785. The van der Waals surface area contributed by atoms with Crippen LogP contribution in [0, 0.1) is 6.92 Å². The molecule has 0 unspecified atom stereocenters. The van der Waals surface area contributed by atoms with Crippen molar-refractivity contribution in [2.45, 2.75) is 20.4 Å². The van der Waals surface area contributed by atoms with Gasteiger partial charge in [0.25, 0.3) is 11.1 Å². The number of carbonyl (C=O) groups excluding carboxylic acids is 3. The molecular formula is C22H19Cl2NO5S. The van der Waals surface area contributed by atoms with Gasteiger partial charge >= 0.3 is 5.97 Å². The molecule has 1 aliphatic heterocycles. The average molecular weight is 480 g/mol. The molecule has 0 saturated carbocycles. The van der Waals surface area contributed by atoms with E-state index >= 15 is 0 Å². The molecule has 3 rings (SSSR count). The van der Waals surface area contributed by atoms with Crippen LogP contribution in [0.5, 0.6) is 5.75 Å². The quantitative estimate of drug-likeness (QED) is 0.386. The van der Waals surface area contributed by atoms with Crippen LogP contribution in [-0.4, -0.2) is 35.2 Å². The Morgan fingerprint density at radius 1 is 1.13 bits per heavy atom. The molecule has 31 heavy (non-hydrogen) atoms. The van der Waals surface area contributed by atoms with Gasteiger partial charge in [-0.25, -0.2) is 4.79 Å². The van der Waals surface area contributed by atoms with Crippen molar-refractivity contribution in [2.24, 2.45) is 0 Å². The number of amides is 2. The SMILES string of the molecule is CCOC(=O)COc1c(Cl)cc(/C=C2\SC(=O)N(Cc3ccc(C)cc3)C2=O)cc1Cl. The summed E-state index contributed by atoms with van der Waals surface area (Å²) in [4.78, 5) is 38.0. The van der Waals surface area contributed by atoms with Gasteiger partial charge in [0.05, 0.1) is 28.1 Å². The van der Waals surface area contributed by atoms with Crippen LogP contribution < -0.4 is 4.74 Å². The molecule has 0 atom stereocenters. The minimum Gasteiger partial charge on any atom is -0.479 e. The van der Waals surface area contributed by atoms with E-state index in [0.717, 1.165) is 22.9 Å². The second-order valence-electron chi connectivity index (χ2n) is 6.66. The van der Waals surface area contributed by atoms with E-state index in [0.29, 0.717) is 5.56 Å². The minimum absolute atomic E-state index is 0.140. The summed E-state index contributed by atoms with van der Waals surface area (Å²) in [7, 11) is 0. The second kappa shape index (κ2) is 10.2. The van der Waals surface area contributed by atoms with E-state index in [1.165, 1.54) is 4.90 Å². The highest BCUT2D eigenvalue weighted by molar-refractivity contribution is 8.18. The molecule has 2 amide bonds. The van der Waals surface area contributed by atoms with Crippen LogP contribution in [0.2, 0.25) is 10.0 Å². The van der Waals surface area contributed by atoms with Gasteiger partial charge in [-0.15, -0.1) is 0 Å². The molecule has 9 heteroatoms. The van der Waals surface area contributed by atoms with Crippen molar-refractivity contribution < 1.29 is 23.9 Å². The van der Waals surface area contributed by atoms with Crippen molar-refractivity contribution in [3.63, 3.8) is 0 Å². The van der Waals surface area contributed by atoms with Crippen molar-refractivity contribution in [2.75, 3.05) is 13.2 Å². The van der Waals surface area contributed by atoms with Gasteiger partial charge in [0.2, 0.25) is 0 Å². The number of ether oxygens (including phenoxy) is 2. The Kier molecular flexibility index (Phi) is 7.64. The number of aryl methyl sites for hydroxylation is 1. The van der Waals surface area contributed by atoms with Gasteiger partial charge in [-0.1, -0.05) is 53.0 Å². The Bertz CT molecular complexity index is 1030. The summed E-state index contributed by atoms with van der Waals surface area (Å²) >= 11 is 13.3. The first-order valence-electron chi connectivity index (χ1n) is 9.37. The number of benzene rings is 2. The molecule has 6 nitrogen and oxygen atoms in total. The highest BCUT2D eigenvalue weighted by Crippen LogP contribution is 2.37. The summed E-state index contributed by atoms with van der Waals surface area (Å²) < 4.78 is 10.1. The number of esters is 1. The molecule has 2 aromatic carbocycles. The lowest BCUT2D eigenvalue weighted by Gasteiger charge is -2.12. The van der Waals surface area contributed by atoms with E-state index < -0.39 is 5.97 Å². The summed E-state index contributed by atoms with van der Waals surface area (Å²) in [6, 6.07) is 10.7. The molecule has 162 valence electrons. The van der Waals surface area contributed by atoms with Crippen LogP contribution in [0.3, 0.4) is 0 Å². The van der Waals surface area contributed by atoms with E-state index in [1.807, 2.05) is 31.2 Å². The smallest absolute Gasteiger partial charge is 0.344 e. The first-order valence-corrected chi connectivity index (χ1v) is 10.9. The summed E-state index contributed by atoms with van der Waals surface area (Å²) in [5.41, 5.74) is 2.49. The molecule has 0 aromatic heterocycles. The molecule has 1 fully saturated rings. The molecule has 1 aliphatic rings. The largest absolute Gasteiger partial charge is 0.479 e. The molecular weight excluding hydrogens is 461 g/mol. The van der Waals surface area contributed by atoms with E-state index in [2.05, 4.69) is 0 Å². The number of carbonyl (C=O) groups is 3. The maximum Gasteiger partial charge on any atom is 0.344 e. The lowest BCUT2D eigenvalue weighted by atomic mass is 10.1. The Morgan fingerprint density at radius 3 is 2.39 bits per heavy atom. The number of nitrogens with zero attached hydrogens (tertiary/aromatic N) is 1. The van der Waals surface area contributed by atoms with E-state index in [-0.39, 0.29) is 51.6 Å². The normalized spacial score (nSPS) is 15.0. The number of rotatable bonds is 7. The summed E-state index contributed by atoms with van der Waals surface area (Å²) in [6.07, 6.45) is 1.55. The van der Waals surface area contributed by atoms with Gasteiger partial charge in [-0.2, -0.15) is 0 Å². The lowest BCUT2D eigenvalue weighted by molar-refractivity contribution is -0.145. The number of hydrogen-bond acceptors (Lipinski definition) is 6. The van der Waals surface area contributed by atoms with Crippen LogP contribution in [-0.2, 0) is 20.9 Å². The highest BCUT2D eigenvalue weighted by atomic mass is 35.5. The predicted octanol–water partition coefficient (Wildman–Crippen LogP) is 5.48. The van der Waals surface area contributed by atoms with Crippen molar-refractivity contribution in [3.8, 4) is 5.75 Å². The van der Waals surface area contributed by atoms with Crippen LogP contribution in [0.1, 0.15) is 23.6 Å². The Labute approximate surface area is 194 Å². The molecule has 0 N–H and O–H groups in total. The van der Waals surface area contributed by atoms with Crippen LogP contribution in [0.15, 0.2) is 41.3 Å². The van der Waals surface area contributed by atoms with Gasteiger partial charge in [-0.05, 0) is 54.9 Å². The zero-order valence-electron chi connectivity index (χ0n) is 16.8.